The van der Waals surface area contributed by atoms with Crippen molar-refractivity contribution < 1.29 is 14.0 Å². The van der Waals surface area contributed by atoms with Crippen molar-refractivity contribution in [2.75, 3.05) is 39.8 Å². The van der Waals surface area contributed by atoms with E-state index in [0.29, 0.717) is 37.0 Å². The van der Waals surface area contributed by atoms with Crippen molar-refractivity contribution in [2.24, 2.45) is 0 Å². The molecule has 2 aromatic rings. The van der Waals surface area contributed by atoms with Crippen LogP contribution in [0.3, 0.4) is 0 Å². The molecule has 2 aromatic carbocycles. The standard InChI is InChI=1S/C27H35FN4O2/c1-31-15-17-32(18-16-31)27(34)24(30-26(33)21-7-3-2-4-8-21)9-5-6-14-29-25-19-23(25)20-10-12-22(28)13-11-20/h2-4,7-8,10-13,23-25,29H,5-6,9,14-19H2,1H3,(H,30,33)/t23-,24-,25+/m0/s1. The number of nitrogens with zero attached hydrogens (tertiary/aromatic N) is 2. The van der Waals surface area contributed by atoms with Crippen LogP contribution in [0.5, 0.6) is 0 Å². The number of piperazine rings is 1. The van der Waals surface area contributed by atoms with Crippen molar-refractivity contribution >= 4 is 11.8 Å². The van der Waals surface area contributed by atoms with Gasteiger partial charge in [0, 0.05) is 43.7 Å². The van der Waals surface area contributed by atoms with Crippen molar-refractivity contribution in [3.05, 3.63) is 71.5 Å². The predicted molar refractivity (Wildman–Crippen MR) is 131 cm³/mol. The van der Waals surface area contributed by atoms with E-state index in [9.17, 15) is 14.0 Å². The fourth-order valence-corrected chi connectivity index (χ4v) is 4.60. The lowest BCUT2D eigenvalue weighted by Crippen LogP contribution is -2.54. The Morgan fingerprint density at radius 3 is 2.41 bits per heavy atom. The Hall–Kier alpha value is -2.77. The van der Waals surface area contributed by atoms with Gasteiger partial charge in [-0.3, -0.25) is 9.59 Å². The molecule has 182 valence electrons. The summed E-state index contributed by atoms with van der Waals surface area (Å²) in [6.45, 7) is 3.96. The molecule has 1 aliphatic carbocycles. The number of nitrogens with one attached hydrogen (secondary N) is 2. The van der Waals surface area contributed by atoms with Crippen molar-refractivity contribution in [1.29, 1.82) is 0 Å². The molecule has 34 heavy (non-hydrogen) atoms. The quantitative estimate of drug-likeness (QED) is 0.529. The Morgan fingerprint density at radius 2 is 1.71 bits per heavy atom. The summed E-state index contributed by atoms with van der Waals surface area (Å²) in [7, 11) is 2.06. The van der Waals surface area contributed by atoms with Gasteiger partial charge in [0.2, 0.25) is 5.91 Å². The van der Waals surface area contributed by atoms with Crippen LogP contribution in [-0.2, 0) is 4.79 Å². The van der Waals surface area contributed by atoms with Crippen molar-refractivity contribution in [1.82, 2.24) is 20.4 Å². The van der Waals surface area contributed by atoms with Gasteiger partial charge >= 0.3 is 0 Å². The highest BCUT2D eigenvalue weighted by atomic mass is 19.1. The van der Waals surface area contributed by atoms with Gasteiger partial charge in [-0.15, -0.1) is 0 Å². The molecule has 3 atom stereocenters. The van der Waals surface area contributed by atoms with Crippen LogP contribution < -0.4 is 10.6 Å². The molecule has 7 heteroatoms. The smallest absolute Gasteiger partial charge is 0.251 e. The fourth-order valence-electron chi connectivity index (χ4n) is 4.60. The number of amides is 2. The summed E-state index contributed by atoms with van der Waals surface area (Å²) in [6.07, 6.45) is 3.47. The number of likely N-dealkylation sites (N-methyl/N-ethyl adjacent to an activating group) is 1. The minimum absolute atomic E-state index is 0.0175. The summed E-state index contributed by atoms with van der Waals surface area (Å²) in [5, 5.41) is 6.57. The van der Waals surface area contributed by atoms with Gasteiger partial charge in [0.1, 0.15) is 11.9 Å². The molecule has 0 spiro atoms. The third-order valence-electron chi connectivity index (χ3n) is 6.87. The second-order valence-electron chi connectivity index (χ2n) is 9.47. The second-order valence-corrected chi connectivity index (χ2v) is 9.47. The van der Waals surface area contributed by atoms with Crippen LogP contribution in [-0.4, -0.2) is 73.5 Å². The Kier molecular flexibility index (Phi) is 8.29. The van der Waals surface area contributed by atoms with Gasteiger partial charge in [-0.25, -0.2) is 4.39 Å². The highest BCUT2D eigenvalue weighted by molar-refractivity contribution is 5.97. The van der Waals surface area contributed by atoms with Crippen LogP contribution in [0.2, 0.25) is 0 Å². The molecule has 2 N–H and O–H groups in total. The number of halogens is 1. The Balaban J connectivity index is 1.25. The normalized spacial score (nSPS) is 21.2. The van der Waals surface area contributed by atoms with E-state index < -0.39 is 6.04 Å². The fraction of sp³-hybridized carbons (Fsp3) is 0.481. The first-order valence-electron chi connectivity index (χ1n) is 12.3. The third-order valence-corrected chi connectivity index (χ3v) is 6.87. The van der Waals surface area contributed by atoms with Crippen LogP contribution >= 0.6 is 0 Å². The monoisotopic (exact) mass is 466 g/mol. The Labute approximate surface area is 201 Å². The largest absolute Gasteiger partial charge is 0.340 e. The van der Waals surface area contributed by atoms with Gasteiger partial charge in [-0.1, -0.05) is 30.3 Å². The molecule has 4 rings (SSSR count). The molecule has 6 nitrogen and oxygen atoms in total. The maximum atomic E-state index is 13.2. The summed E-state index contributed by atoms with van der Waals surface area (Å²) in [5.41, 5.74) is 1.75. The third kappa shape index (κ3) is 6.64. The van der Waals surface area contributed by atoms with Crippen LogP contribution in [0.25, 0.3) is 0 Å². The highest BCUT2D eigenvalue weighted by Gasteiger charge is 2.37. The van der Waals surface area contributed by atoms with E-state index in [-0.39, 0.29) is 17.6 Å². The molecule has 1 saturated carbocycles. The molecule has 1 heterocycles. The van der Waals surface area contributed by atoms with Gasteiger partial charge in [0.15, 0.2) is 0 Å². The average molecular weight is 467 g/mol. The number of hydrogen-bond donors (Lipinski definition) is 2. The molecule has 0 unspecified atom stereocenters. The van der Waals surface area contributed by atoms with Crippen LogP contribution in [0.15, 0.2) is 54.6 Å². The van der Waals surface area contributed by atoms with Gasteiger partial charge in [0.25, 0.3) is 5.91 Å². The maximum absolute atomic E-state index is 13.2. The summed E-state index contributed by atoms with van der Waals surface area (Å²) < 4.78 is 13.1. The Morgan fingerprint density at radius 1 is 1.00 bits per heavy atom. The zero-order valence-electron chi connectivity index (χ0n) is 19.9. The molecule has 0 aromatic heterocycles. The van der Waals surface area contributed by atoms with E-state index in [2.05, 4.69) is 22.6 Å². The van der Waals surface area contributed by atoms with Gasteiger partial charge in [-0.05, 0) is 69.1 Å². The number of benzene rings is 2. The zero-order valence-corrected chi connectivity index (χ0v) is 19.9. The minimum atomic E-state index is -0.510. The van der Waals surface area contributed by atoms with Gasteiger partial charge in [0.05, 0.1) is 0 Å². The molecular weight excluding hydrogens is 431 g/mol. The van der Waals surface area contributed by atoms with Gasteiger partial charge < -0.3 is 20.4 Å². The molecular formula is C27H35FN4O2. The molecule has 1 saturated heterocycles. The molecule has 2 amide bonds. The van der Waals surface area contributed by atoms with E-state index in [0.717, 1.165) is 38.9 Å². The van der Waals surface area contributed by atoms with Crippen molar-refractivity contribution in [3.63, 3.8) is 0 Å². The number of carbonyl (C=O) groups excluding carboxylic acids is 2. The zero-order chi connectivity index (χ0) is 23.9. The van der Waals surface area contributed by atoms with Crippen LogP contribution in [0, 0.1) is 5.82 Å². The summed E-state index contributed by atoms with van der Waals surface area (Å²) in [4.78, 5) is 30.1. The van der Waals surface area contributed by atoms with E-state index in [1.807, 2.05) is 35.2 Å². The number of unbranched alkanes of at least 4 members (excludes halogenated alkanes) is 1. The number of rotatable bonds is 10. The highest BCUT2D eigenvalue weighted by Crippen LogP contribution is 2.40. The second kappa shape index (κ2) is 11.6. The topological polar surface area (TPSA) is 64.7 Å². The van der Waals surface area contributed by atoms with Crippen molar-refractivity contribution in [3.8, 4) is 0 Å². The Bertz CT molecular complexity index is 945. The predicted octanol–water partition coefficient (Wildman–Crippen LogP) is 3.01. The average Bonchev–Trinajstić information content (AvgIpc) is 3.63. The minimum Gasteiger partial charge on any atom is -0.340 e. The lowest BCUT2D eigenvalue weighted by atomic mass is 10.1. The lowest BCUT2D eigenvalue weighted by molar-refractivity contribution is -0.135. The number of hydrogen-bond acceptors (Lipinski definition) is 4. The van der Waals surface area contributed by atoms with E-state index >= 15 is 0 Å². The van der Waals surface area contributed by atoms with E-state index in [1.54, 1.807) is 12.1 Å². The summed E-state index contributed by atoms with van der Waals surface area (Å²) in [5.74, 6) is 0.0708. The molecule has 2 aliphatic rings. The molecule has 2 fully saturated rings. The van der Waals surface area contributed by atoms with Crippen molar-refractivity contribution in [2.45, 2.75) is 43.7 Å². The first-order chi connectivity index (χ1) is 16.5. The first-order valence-corrected chi connectivity index (χ1v) is 12.3. The molecule has 1 aliphatic heterocycles. The van der Waals surface area contributed by atoms with Gasteiger partial charge in [-0.2, -0.15) is 0 Å². The van der Waals surface area contributed by atoms with E-state index in [1.165, 1.54) is 17.7 Å². The SMILES string of the molecule is CN1CCN(C(=O)[C@H](CCCCN[C@@H]2C[C@H]2c2ccc(F)cc2)NC(=O)c2ccccc2)CC1. The number of carbonyl (C=O) groups is 2. The lowest BCUT2D eigenvalue weighted by Gasteiger charge is -2.34. The molecule has 0 bridgehead atoms. The summed E-state index contributed by atoms with van der Waals surface area (Å²) >= 11 is 0. The van der Waals surface area contributed by atoms with E-state index in [4.69, 9.17) is 0 Å². The maximum Gasteiger partial charge on any atom is 0.251 e. The van der Waals surface area contributed by atoms with Crippen LogP contribution in [0.4, 0.5) is 4.39 Å². The first kappa shape index (κ1) is 24.4. The molecule has 0 radical (unpaired) electrons. The van der Waals surface area contributed by atoms with Crippen LogP contribution in [0.1, 0.15) is 47.5 Å². The summed E-state index contributed by atoms with van der Waals surface area (Å²) in [6, 6.07) is 15.8.